The van der Waals surface area contributed by atoms with Gasteiger partial charge >= 0.3 is 5.97 Å². The number of rotatable bonds is 8. The minimum absolute atomic E-state index is 0.124. The number of nitrogens with one attached hydrogen (secondary N) is 4. The molecule has 4 aromatic rings. The van der Waals surface area contributed by atoms with Gasteiger partial charge in [0.2, 0.25) is 0 Å². The van der Waals surface area contributed by atoms with Gasteiger partial charge in [-0.3, -0.25) is 4.79 Å². The molecule has 0 radical (unpaired) electrons. The number of carboxylic acid groups (broad SMARTS) is 1. The van der Waals surface area contributed by atoms with Gasteiger partial charge in [-0.05, 0) is 91.5 Å². The molecule has 6 nitrogen and oxygen atoms in total. The second-order valence-corrected chi connectivity index (χ2v) is 12.0. The van der Waals surface area contributed by atoms with Crippen LogP contribution in [0.1, 0.15) is 123 Å². The van der Waals surface area contributed by atoms with Crippen molar-refractivity contribution < 1.29 is 9.90 Å². The van der Waals surface area contributed by atoms with Crippen molar-refractivity contribution in [2.45, 2.75) is 106 Å². The molecule has 8 bridgehead atoms. The summed E-state index contributed by atoms with van der Waals surface area (Å²) in [7, 11) is 0. The molecule has 0 fully saturated rings. The normalized spacial score (nSPS) is 13.1. The van der Waals surface area contributed by atoms with E-state index in [0.29, 0.717) is 6.42 Å². The topological polar surface area (TPSA) is 100 Å². The minimum atomic E-state index is -0.762. The van der Waals surface area contributed by atoms with Crippen LogP contribution in [-0.4, -0.2) is 31.0 Å². The maximum absolute atomic E-state index is 11.6. The highest BCUT2D eigenvalue weighted by Crippen LogP contribution is 2.33. The zero-order valence-electron chi connectivity index (χ0n) is 25.7. The van der Waals surface area contributed by atoms with Crippen LogP contribution in [0.15, 0.2) is 6.58 Å². The maximum atomic E-state index is 11.6. The van der Waals surface area contributed by atoms with Crippen LogP contribution in [0.4, 0.5) is 0 Å². The molecular weight excluding hydrogens is 508 g/mol. The van der Waals surface area contributed by atoms with Gasteiger partial charge in [-0.2, -0.15) is 0 Å². The van der Waals surface area contributed by atoms with Crippen molar-refractivity contribution in [1.82, 2.24) is 19.9 Å². The number of fused-ring (bicyclic) bond motifs is 8. The van der Waals surface area contributed by atoms with E-state index in [9.17, 15) is 9.90 Å². The number of H-pyrrole nitrogens is 4. The lowest BCUT2D eigenvalue weighted by molar-refractivity contribution is -0.136. The zero-order chi connectivity index (χ0) is 29.4. The number of carbonyl (C=O) groups is 1. The number of aromatic nitrogens is 4. The summed E-state index contributed by atoms with van der Waals surface area (Å²) in [6.07, 6.45) is 10.1. The third-order valence-electron chi connectivity index (χ3n) is 9.40. The SMILES string of the molecule is C=Cc1c2[nH]c(c1C)Cc1[nH]c(c(CCC)c1C)Cc1[nH]c(c(C)c1CCC)Cc1[nH]c(c(C)c1CCC(=O)O)C2. The molecule has 0 saturated carbocycles. The molecule has 5 rings (SSSR count). The Morgan fingerprint density at radius 1 is 0.634 bits per heavy atom. The Morgan fingerprint density at radius 2 is 1.00 bits per heavy atom. The number of hydrogen-bond acceptors (Lipinski definition) is 1. The molecule has 6 heteroatoms. The van der Waals surface area contributed by atoms with Crippen LogP contribution in [0, 0.1) is 27.7 Å². The summed E-state index contributed by atoms with van der Waals surface area (Å²) >= 11 is 0. The zero-order valence-corrected chi connectivity index (χ0v) is 25.7. The van der Waals surface area contributed by atoms with Gasteiger partial charge in [-0.25, -0.2) is 0 Å². The van der Waals surface area contributed by atoms with Crippen LogP contribution < -0.4 is 0 Å². The molecule has 0 unspecified atom stereocenters. The molecule has 0 amide bonds. The van der Waals surface area contributed by atoms with Crippen molar-refractivity contribution in [3.05, 3.63) is 96.6 Å². The van der Waals surface area contributed by atoms with Gasteiger partial charge in [0.05, 0.1) is 0 Å². The molecule has 0 aromatic carbocycles. The van der Waals surface area contributed by atoms with Gasteiger partial charge in [0, 0.05) is 77.7 Å². The van der Waals surface area contributed by atoms with Crippen LogP contribution >= 0.6 is 0 Å². The molecule has 5 heterocycles. The average molecular weight is 555 g/mol. The monoisotopic (exact) mass is 554 g/mol. The van der Waals surface area contributed by atoms with Crippen LogP contribution in [0.5, 0.6) is 0 Å². The summed E-state index contributed by atoms with van der Waals surface area (Å²) in [6.45, 7) is 17.5. The van der Waals surface area contributed by atoms with E-state index in [-0.39, 0.29) is 6.42 Å². The highest BCUT2D eigenvalue weighted by molar-refractivity contribution is 5.67. The van der Waals surface area contributed by atoms with Crippen LogP contribution in [-0.2, 0) is 49.7 Å². The van der Waals surface area contributed by atoms with E-state index in [1.54, 1.807) is 0 Å². The summed E-state index contributed by atoms with van der Waals surface area (Å²) in [6, 6.07) is 0. The lowest BCUT2D eigenvalue weighted by atomic mass is 9.97. The Balaban J connectivity index is 1.72. The van der Waals surface area contributed by atoms with Crippen LogP contribution in [0.25, 0.3) is 6.08 Å². The van der Waals surface area contributed by atoms with E-state index in [4.69, 9.17) is 0 Å². The highest BCUT2D eigenvalue weighted by atomic mass is 16.4. The quantitative estimate of drug-likeness (QED) is 0.137. The molecule has 5 N–H and O–H groups in total. The molecule has 1 aliphatic heterocycles. The summed E-state index contributed by atoms with van der Waals surface area (Å²) in [5, 5.41) is 9.51. The molecule has 1 aliphatic rings. The van der Waals surface area contributed by atoms with Crippen molar-refractivity contribution in [2.75, 3.05) is 0 Å². The molecule has 0 aliphatic carbocycles. The largest absolute Gasteiger partial charge is 0.481 e. The second-order valence-electron chi connectivity index (χ2n) is 12.0. The van der Waals surface area contributed by atoms with E-state index < -0.39 is 5.97 Å². The van der Waals surface area contributed by atoms with Crippen molar-refractivity contribution in [2.24, 2.45) is 0 Å². The van der Waals surface area contributed by atoms with Crippen molar-refractivity contribution >= 4 is 12.0 Å². The number of aromatic amines is 4. The van der Waals surface area contributed by atoms with Gasteiger partial charge in [0.1, 0.15) is 0 Å². The Bertz CT molecular complexity index is 1600. The lowest BCUT2D eigenvalue weighted by Gasteiger charge is -2.07. The van der Waals surface area contributed by atoms with Gasteiger partial charge < -0.3 is 25.0 Å². The van der Waals surface area contributed by atoms with E-state index in [1.807, 2.05) is 6.08 Å². The number of aliphatic carboxylic acids is 1. The predicted octanol–water partition coefficient (Wildman–Crippen LogP) is 7.47. The first-order valence-electron chi connectivity index (χ1n) is 15.3. The van der Waals surface area contributed by atoms with Crippen LogP contribution in [0.2, 0.25) is 0 Å². The number of hydrogen-bond donors (Lipinski definition) is 5. The van der Waals surface area contributed by atoms with Crippen molar-refractivity contribution in [3.63, 3.8) is 0 Å². The minimum Gasteiger partial charge on any atom is -0.481 e. The molecule has 0 atom stereocenters. The van der Waals surface area contributed by atoms with Gasteiger partial charge in [-0.1, -0.05) is 39.3 Å². The van der Waals surface area contributed by atoms with Gasteiger partial charge in [0.25, 0.3) is 0 Å². The van der Waals surface area contributed by atoms with E-state index >= 15 is 0 Å². The first kappa shape index (κ1) is 28.8. The van der Waals surface area contributed by atoms with E-state index in [2.05, 4.69) is 68.1 Å². The molecule has 0 saturated heterocycles. The lowest BCUT2D eigenvalue weighted by Crippen LogP contribution is -2.02. The summed E-state index contributed by atoms with van der Waals surface area (Å²) in [4.78, 5) is 26.9. The molecule has 4 aromatic heterocycles. The fraction of sp³-hybridized carbons (Fsp3) is 0.457. The third kappa shape index (κ3) is 5.37. The van der Waals surface area contributed by atoms with E-state index in [0.717, 1.165) is 74.0 Å². The Morgan fingerprint density at radius 3 is 1.44 bits per heavy atom. The van der Waals surface area contributed by atoms with Crippen molar-refractivity contribution in [3.8, 4) is 0 Å². The highest BCUT2D eigenvalue weighted by Gasteiger charge is 2.24. The first-order valence-corrected chi connectivity index (χ1v) is 15.3. The predicted molar refractivity (Wildman–Crippen MR) is 167 cm³/mol. The summed E-state index contributed by atoms with van der Waals surface area (Å²) < 4.78 is 0. The maximum Gasteiger partial charge on any atom is 0.303 e. The van der Waals surface area contributed by atoms with Crippen LogP contribution in [0.3, 0.4) is 0 Å². The Kier molecular flexibility index (Phi) is 8.21. The average Bonchev–Trinajstić information content (AvgIpc) is 3.58. The van der Waals surface area contributed by atoms with Gasteiger partial charge in [0.15, 0.2) is 0 Å². The standard InChI is InChI=1S/C35H46N4O2/c1-8-11-24-20(5)28-15-27-19(4)23(10-3)31(36-27)16-29-22(7)26(13-14-35(40)41)32(38-29)17-30-21(6)25(12-9-2)34(39-30)18-33(24)37-28/h10,36-39H,3,8-9,11-18H2,1-2,4-7H3,(H,40,41). The Labute approximate surface area is 244 Å². The van der Waals surface area contributed by atoms with Gasteiger partial charge in [-0.15, -0.1) is 0 Å². The first-order chi connectivity index (χ1) is 19.7. The third-order valence-corrected chi connectivity index (χ3v) is 9.40. The van der Waals surface area contributed by atoms with Crippen molar-refractivity contribution in [1.29, 1.82) is 0 Å². The second kappa shape index (κ2) is 11.7. The summed E-state index contributed by atoms with van der Waals surface area (Å²) in [5.74, 6) is -0.762. The molecule has 0 spiro atoms. The smallest absolute Gasteiger partial charge is 0.303 e. The molecule has 41 heavy (non-hydrogen) atoms. The summed E-state index contributed by atoms with van der Waals surface area (Å²) in [5.41, 5.74) is 20.1. The fourth-order valence-electron chi connectivity index (χ4n) is 7.04. The Hall–Kier alpha value is -3.67. The fourth-order valence-corrected chi connectivity index (χ4v) is 7.04. The molecule has 218 valence electrons. The number of carboxylic acids is 1. The van der Waals surface area contributed by atoms with E-state index in [1.165, 1.54) is 67.4 Å². The molecular formula is C35H46N4O2.